The molecule has 1 atom stereocenters. The van der Waals surface area contributed by atoms with E-state index in [9.17, 15) is 9.59 Å². The highest BCUT2D eigenvalue weighted by atomic mass is 16.5. The van der Waals surface area contributed by atoms with E-state index in [-0.39, 0.29) is 24.5 Å². The van der Waals surface area contributed by atoms with Crippen molar-refractivity contribution in [3.05, 3.63) is 59.7 Å². The Kier molecular flexibility index (Phi) is 8.33. The molecular weight excluding hydrogens is 418 g/mol. The van der Waals surface area contributed by atoms with Crippen LogP contribution in [0.3, 0.4) is 0 Å². The van der Waals surface area contributed by atoms with Gasteiger partial charge in [0.05, 0.1) is 18.3 Å². The first-order chi connectivity index (χ1) is 16.2. The topological polar surface area (TPSA) is 79.9 Å². The number of benzene rings is 2. The molecule has 1 unspecified atom stereocenters. The van der Waals surface area contributed by atoms with Crippen molar-refractivity contribution in [3.8, 4) is 0 Å². The third-order valence-corrected chi connectivity index (χ3v) is 6.08. The fraction of sp³-hybridized carbons (Fsp3) is 0.462. The zero-order valence-electron chi connectivity index (χ0n) is 19.1. The van der Waals surface area contributed by atoms with Crippen LogP contribution in [0.1, 0.15) is 48.0 Å². The van der Waals surface area contributed by atoms with E-state index >= 15 is 0 Å². The van der Waals surface area contributed by atoms with Gasteiger partial charge in [-0.2, -0.15) is 0 Å². The number of piperidine rings is 1. The molecule has 0 aromatic heterocycles. The van der Waals surface area contributed by atoms with Crippen molar-refractivity contribution in [2.24, 2.45) is 0 Å². The van der Waals surface area contributed by atoms with Gasteiger partial charge in [-0.05, 0) is 55.9 Å². The van der Waals surface area contributed by atoms with Crippen molar-refractivity contribution in [2.45, 2.75) is 44.8 Å². The maximum absolute atomic E-state index is 13.1. The minimum absolute atomic E-state index is 0.0523. The fourth-order valence-corrected chi connectivity index (χ4v) is 4.35. The number of ether oxygens (including phenoxy) is 2. The first-order valence-corrected chi connectivity index (χ1v) is 11.9. The molecule has 2 aromatic rings. The minimum Gasteiger partial charge on any atom is -0.376 e. The van der Waals surface area contributed by atoms with Crippen LogP contribution in [0.2, 0.25) is 0 Å². The van der Waals surface area contributed by atoms with Crippen LogP contribution in [0.4, 0.5) is 11.4 Å². The Balaban J connectivity index is 1.40. The summed E-state index contributed by atoms with van der Waals surface area (Å²) in [7, 11) is 0. The summed E-state index contributed by atoms with van der Waals surface area (Å²) >= 11 is 0. The fourth-order valence-electron chi connectivity index (χ4n) is 4.35. The molecule has 7 nitrogen and oxygen atoms in total. The van der Waals surface area contributed by atoms with Gasteiger partial charge in [-0.1, -0.05) is 30.3 Å². The van der Waals surface area contributed by atoms with Crippen LogP contribution < -0.4 is 15.5 Å². The second-order valence-electron chi connectivity index (χ2n) is 8.65. The number of carbonyl (C=O) groups excluding carboxylic acids is 2. The van der Waals surface area contributed by atoms with E-state index in [0.717, 1.165) is 56.6 Å². The second kappa shape index (κ2) is 11.8. The van der Waals surface area contributed by atoms with Crippen LogP contribution in [0.25, 0.3) is 0 Å². The van der Waals surface area contributed by atoms with E-state index in [1.165, 1.54) is 6.42 Å². The van der Waals surface area contributed by atoms with Crippen LogP contribution in [-0.4, -0.2) is 50.8 Å². The van der Waals surface area contributed by atoms with Crippen LogP contribution in [0.5, 0.6) is 0 Å². The molecule has 2 aromatic carbocycles. The van der Waals surface area contributed by atoms with Crippen molar-refractivity contribution >= 4 is 23.2 Å². The molecule has 2 amide bonds. The molecule has 4 rings (SSSR count). The van der Waals surface area contributed by atoms with E-state index in [1.807, 2.05) is 42.5 Å². The predicted octanol–water partition coefficient (Wildman–Crippen LogP) is 3.74. The molecule has 33 heavy (non-hydrogen) atoms. The lowest BCUT2D eigenvalue weighted by Gasteiger charge is -2.30. The zero-order valence-corrected chi connectivity index (χ0v) is 19.1. The SMILES string of the molecule is O=C(COCc1ccccc1)Nc1ccc(N2CCCCC2)c(C(=O)NCC2CCCO2)c1. The lowest BCUT2D eigenvalue weighted by molar-refractivity contribution is -0.121. The molecule has 176 valence electrons. The molecule has 0 radical (unpaired) electrons. The summed E-state index contributed by atoms with van der Waals surface area (Å²) < 4.78 is 11.2. The molecule has 2 N–H and O–H groups in total. The molecule has 0 aliphatic carbocycles. The highest BCUT2D eigenvalue weighted by molar-refractivity contribution is 6.02. The number of carbonyl (C=O) groups is 2. The minimum atomic E-state index is -0.248. The molecule has 2 saturated heterocycles. The first-order valence-electron chi connectivity index (χ1n) is 11.9. The van der Waals surface area contributed by atoms with Gasteiger partial charge in [0, 0.05) is 37.6 Å². The average molecular weight is 452 g/mol. The number of anilines is 2. The summed E-state index contributed by atoms with van der Waals surface area (Å²) in [6.07, 6.45) is 5.54. The average Bonchev–Trinajstić information content (AvgIpc) is 3.37. The maximum Gasteiger partial charge on any atom is 0.253 e. The summed E-state index contributed by atoms with van der Waals surface area (Å²) in [5, 5.41) is 5.89. The summed E-state index contributed by atoms with van der Waals surface area (Å²) in [5.41, 5.74) is 3.10. The highest BCUT2D eigenvalue weighted by Gasteiger charge is 2.22. The molecule has 2 heterocycles. The molecule has 0 saturated carbocycles. The number of rotatable bonds is 9. The maximum atomic E-state index is 13.1. The Morgan fingerprint density at radius 2 is 1.85 bits per heavy atom. The molecule has 2 aliphatic heterocycles. The Bertz CT molecular complexity index is 922. The summed E-state index contributed by atoms with van der Waals surface area (Å²) in [6, 6.07) is 15.3. The number of hydrogen-bond acceptors (Lipinski definition) is 5. The molecule has 2 fully saturated rings. The number of amides is 2. The van der Waals surface area contributed by atoms with Gasteiger partial charge in [0.25, 0.3) is 5.91 Å². The molecule has 0 bridgehead atoms. The lowest BCUT2D eigenvalue weighted by Crippen LogP contribution is -2.35. The van der Waals surface area contributed by atoms with E-state index in [2.05, 4.69) is 15.5 Å². The third-order valence-electron chi connectivity index (χ3n) is 6.08. The number of nitrogens with zero attached hydrogens (tertiary/aromatic N) is 1. The number of nitrogens with one attached hydrogen (secondary N) is 2. The Labute approximate surface area is 195 Å². The van der Waals surface area contributed by atoms with Crippen molar-refractivity contribution in [1.29, 1.82) is 0 Å². The van der Waals surface area contributed by atoms with Gasteiger partial charge in [0.1, 0.15) is 6.61 Å². The highest BCUT2D eigenvalue weighted by Crippen LogP contribution is 2.27. The lowest BCUT2D eigenvalue weighted by atomic mass is 10.1. The Morgan fingerprint density at radius 3 is 2.61 bits per heavy atom. The van der Waals surface area contributed by atoms with Gasteiger partial charge in [0.15, 0.2) is 0 Å². The van der Waals surface area contributed by atoms with E-state index in [4.69, 9.17) is 9.47 Å². The quantitative estimate of drug-likeness (QED) is 0.607. The largest absolute Gasteiger partial charge is 0.376 e. The zero-order chi connectivity index (χ0) is 22.9. The van der Waals surface area contributed by atoms with Crippen molar-refractivity contribution in [2.75, 3.05) is 43.1 Å². The second-order valence-corrected chi connectivity index (χ2v) is 8.65. The third kappa shape index (κ3) is 6.79. The molecule has 2 aliphatic rings. The normalized spacial score (nSPS) is 18.2. The standard InChI is InChI=1S/C26H33N3O4/c30-25(19-32-18-20-8-3-1-4-9-20)28-21-11-12-24(29-13-5-2-6-14-29)23(16-21)26(31)27-17-22-10-7-15-33-22/h1,3-4,8-9,11-12,16,22H,2,5-7,10,13-15,17-19H2,(H,27,31)(H,28,30). The number of hydrogen-bond donors (Lipinski definition) is 2. The molecular formula is C26H33N3O4. The van der Waals surface area contributed by atoms with Gasteiger partial charge < -0.3 is 25.0 Å². The monoisotopic (exact) mass is 451 g/mol. The van der Waals surface area contributed by atoms with E-state index in [0.29, 0.717) is 24.4 Å². The molecule has 7 heteroatoms. The van der Waals surface area contributed by atoms with Crippen molar-refractivity contribution in [3.63, 3.8) is 0 Å². The summed E-state index contributed by atoms with van der Waals surface area (Å²) in [4.78, 5) is 27.8. The van der Waals surface area contributed by atoms with Crippen LogP contribution >= 0.6 is 0 Å². The van der Waals surface area contributed by atoms with Gasteiger partial charge in [0.2, 0.25) is 5.91 Å². The smallest absolute Gasteiger partial charge is 0.253 e. The van der Waals surface area contributed by atoms with Gasteiger partial charge in [-0.3, -0.25) is 9.59 Å². The predicted molar refractivity (Wildman–Crippen MR) is 129 cm³/mol. The van der Waals surface area contributed by atoms with E-state index < -0.39 is 0 Å². The molecule has 0 spiro atoms. The van der Waals surface area contributed by atoms with Crippen LogP contribution in [0.15, 0.2) is 48.5 Å². The summed E-state index contributed by atoms with van der Waals surface area (Å²) in [5.74, 6) is -0.384. The Hall–Kier alpha value is -2.90. The van der Waals surface area contributed by atoms with Gasteiger partial charge in [-0.25, -0.2) is 0 Å². The van der Waals surface area contributed by atoms with Gasteiger partial charge >= 0.3 is 0 Å². The van der Waals surface area contributed by atoms with E-state index in [1.54, 1.807) is 6.07 Å². The summed E-state index contributed by atoms with van der Waals surface area (Å²) in [6.45, 7) is 3.45. The Morgan fingerprint density at radius 1 is 1.03 bits per heavy atom. The van der Waals surface area contributed by atoms with Crippen LogP contribution in [-0.2, 0) is 20.9 Å². The van der Waals surface area contributed by atoms with Gasteiger partial charge in [-0.15, -0.1) is 0 Å². The van der Waals surface area contributed by atoms with Crippen molar-refractivity contribution < 1.29 is 19.1 Å². The van der Waals surface area contributed by atoms with Crippen LogP contribution in [0, 0.1) is 0 Å². The first kappa shape index (κ1) is 23.3. The van der Waals surface area contributed by atoms with Crippen molar-refractivity contribution in [1.82, 2.24) is 5.32 Å².